The van der Waals surface area contributed by atoms with Crippen LogP contribution in [0.25, 0.3) is 0 Å². The summed E-state index contributed by atoms with van der Waals surface area (Å²) in [6.45, 7) is 1.86. The highest BCUT2D eigenvalue weighted by Gasteiger charge is 1.89. The molecule has 1 aromatic rings. The number of nitrogens with one attached hydrogen (secondary N) is 1. The van der Waals surface area contributed by atoms with Crippen LogP contribution in [0.5, 0.6) is 0 Å². The van der Waals surface area contributed by atoms with E-state index in [0.717, 1.165) is 5.69 Å². The number of hydrazone groups is 1. The minimum atomic E-state index is 0.122. The molecule has 13 heavy (non-hydrogen) atoms. The molecule has 0 spiro atoms. The van der Waals surface area contributed by atoms with Gasteiger partial charge in [-0.15, -0.1) is 5.10 Å². The van der Waals surface area contributed by atoms with Gasteiger partial charge in [0.25, 0.3) is 0 Å². The molecular formula is C7H9N5S. The van der Waals surface area contributed by atoms with E-state index in [-0.39, 0.29) is 5.11 Å². The lowest BCUT2D eigenvalue weighted by Gasteiger charge is -1.93. The van der Waals surface area contributed by atoms with E-state index in [4.69, 9.17) is 5.73 Å². The van der Waals surface area contributed by atoms with Crippen LogP contribution in [-0.2, 0) is 0 Å². The van der Waals surface area contributed by atoms with Gasteiger partial charge in [-0.2, -0.15) is 10.2 Å². The predicted octanol–water partition coefficient (Wildman–Crippen LogP) is -0.0479. The Morgan fingerprint density at radius 1 is 1.62 bits per heavy atom. The van der Waals surface area contributed by atoms with Gasteiger partial charge in [0.15, 0.2) is 5.11 Å². The van der Waals surface area contributed by atoms with Gasteiger partial charge in [-0.1, -0.05) is 0 Å². The molecule has 1 heterocycles. The van der Waals surface area contributed by atoms with Crippen LogP contribution in [0.2, 0.25) is 0 Å². The first-order chi connectivity index (χ1) is 6.18. The Labute approximate surface area is 81.0 Å². The summed E-state index contributed by atoms with van der Waals surface area (Å²) < 4.78 is 0. The maximum absolute atomic E-state index is 5.15. The number of thiocarbonyl (C=S) groups is 1. The minimum absolute atomic E-state index is 0.122. The van der Waals surface area contributed by atoms with Gasteiger partial charge in [0.2, 0.25) is 0 Å². The first kappa shape index (κ1) is 9.53. The normalized spacial score (nSPS) is 10.2. The summed E-state index contributed by atoms with van der Waals surface area (Å²) in [6, 6.07) is 3.64. The van der Waals surface area contributed by atoms with Gasteiger partial charge in [-0.3, -0.25) is 5.43 Å². The molecule has 0 radical (unpaired) electrons. The number of hydrogen-bond donors (Lipinski definition) is 2. The van der Waals surface area contributed by atoms with E-state index in [9.17, 15) is 0 Å². The lowest BCUT2D eigenvalue weighted by molar-refractivity contribution is 0.965. The Morgan fingerprint density at radius 3 is 2.92 bits per heavy atom. The van der Waals surface area contributed by atoms with Gasteiger partial charge in [0.1, 0.15) is 5.69 Å². The van der Waals surface area contributed by atoms with E-state index in [1.165, 1.54) is 6.21 Å². The van der Waals surface area contributed by atoms with Gasteiger partial charge >= 0.3 is 0 Å². The molecular weight excluding hydrogens is 186 g/mol. The smallest absolute Gasteiger partial charge is 0.184 e. The summed E-state index contributed by atoms with van der Waals surface area (Å²) in [5.41, 5.74) is 9.08. The third-order valence-corrected chi connectivity index (χ3v) is 1.28. The minimum Gasteiger partial charge on any atom is -0.375 e. The summed E-state index contributed by atoms with van der Waals surface area (Å²) in [7, 11) is 0. The van der Waals surface area contributed by atoms with E-state index in [1.54, 1.807) is 6.07 Å². The van der Waals surface area contributed by atoms with Crippen LogP contribution in [-0.4, -0.2) is 21.5 Å². The highest BCUT2D eigenvalue weighted by Crippen LogP contribution is 1.90. The Balaban J connectivity index is 2.59. The molecule has 3 N–H and O–H groups in total. The predicted molar refractivity (Wildman–Crippen MR) is 54.3 cm³/mol. The second kappa shape index (κ2) is 4.46. The van der Waals surface area contributed by atoms with Crippen molar-refractivity contribution in [3.8, 4) is 0 Å². The van der Waals surface area contributed by atoms with Crippen LogP contribution in [0, 0.1) is 6.92 Å². The average molecular weight is 195 g/mol. The van der Waals surface area contributed by atoms with Crippen molar-refractivity contribution >= 4 is 23.5 Å². The maximum atomic E-state index is 5.15. The maximum Gasteiger partial charge on any atom is 0.184 e. The Bertz CT molecular complexity index is 318. The van der Waals surface area contributed by atoms with Crippen LogP contribution in [0.4, 0.5) is 0 Å². The van der Waals surface area contributed by atoms with Crippen molar-refractivity contribution < 1.29 is 0 Å². The molecule has 0 amide bonds. The number of rotatable bonds is 2. The summed E-state index contributed by atoms with van der Waals surface area (Å²) in [5, 5.41) is 11.5. The summed E-state index contributed by atoms with van der Waals surface area (Å²) in [6.07, 6.45) is 1.49. The van der Waals surface area contributed by atoms with Crippen molar-refractivity contribution in [1.29, 1.82) is 0 Å². The standard InChI is InChI=1S/C7H9N5S/c1-5-2-3-6(11-10-5)4-9-12-7(8)13/h2-4H,1H3,(H3,8,12,13). The molecule has 0 aliphatic rings. The van der Waals surface area contributed by atoms with E-state index in [2.05, 4.69) is 32.9 Å². The lowest BCUT2D eigenvalue weighted by Crippen LogP contribution is -2.24. The molecule has 1 aromatic heterocycles. The Morgan fingerprint density at radius 2 is 2.38 bits per heavy atom. The van der Waals surface area contributed by atoms with Crippen LogP contribution >= 0.6 is 12.2 Å². The molecule has 0 aliphatic carbocycles. The monoisotopic (exact) mass is 195 g/mol. The molecule has 0 bridgehead atoms. The molecule has 0 aliphatic heterocycles. The van der Waals surface area contributed by atoms with Gasteiger partial charge in [0, 0.05) is 0 Å². The number of hydrogen-bond acceptors (Lipinski definition) is 4. The van der Waals surface area contributed by atoms with E-state index >= 15 is 0 Å². The third-order valence-electron chi connectivity index (χ3n) is 1.19. The van der Waals surface area contributed by atoms with Gasteiger partial charge in [0.05, 0.1) is 11.9 Å². The summed E-state index contributed by atoms with van der Waals surface area (Å²) in [5.74, 6) is 0. The van der Waals surface area contributed by atoms with Gasteiger partial charge in [-0.05, 0) is 31.3 Å². The fourth-order valence-corrected chi connectivity index (χ4v) is 0.693. The molecule has 0 fully saturated rings. The molecule has 0 unspecified atom stereocenters. The van der Waals surface area contributed by atoms with Crippen molar-refractivity contribution in [3.05, 3.63) is 23.5 Å². The molecule has 5 nitrogen and oxygen atoms in total. The summed E-state index contributed by atoms with van der Waals surface area (Å²) in [4.78, 5) is 0. The Hall–Kier alpha value is -1.56. The fraction of sp³-hybridized carbons (Fsp3) is 0.143. The SMILES string of the molecule is Cc1ccc(C=NNC(N)=S)nn1. The lowest BCUT2D eigenvalue weighted by atomic mass is 10.4. The number of aromatic nitrogens is 2. The van der Waals surface area contributed by atoms with Crippen molar-refractivity contribution in [1.82, 2.24) is 15.6 Å². The first-order valence-corrected chi connectivity index (χ1v) is 3.98. The van der Waals surface area contributed by atoms with E-state index in [1.807, 2.05) is 13.0 Å². The van der Waals surface area contributed by atoms with Crippen LogP contribution in [0.15, 0.2) is 17.2 Å². The van der Waals surface area contributed by atoms with Crippen molar-refractivity contribution in [3.63, 3.8) is 0 Å². The van der Waals surface area contributed by atoms with Crippen LogP contribution < -0.4 is 11.2 Å². The quantitative estimate of drug-likeness (QED) is 0.393. The zero-order valence-electron chi connectivity index (χ0n) is 7.06. The molecule has 0 aromatic carbocycles. The second-order valence-corrected chi connectivity index (χ2v) is 2.77. The zero-order valence-corrected chi connectivity index (χ0v) is 7.88. The second-order valence-electron chi connectivity index (χ2n) is 2.33. The van der Waals surface area contributed by atoms with Crippen molar-refractivity contribution in [2.75, 3.05) is 0 Å². The third kappa shape index (κ3) is 3.57. The number of nitrogens with two attached hydrogens (primary N) is 1. The van der Waals surface area contributed by atoms with Crippen molar-refractivity contribution in [2.45, 2.75) is 6.92 Å². The fourth-order valence-electron chi connectivity index (χ4n) is 0.640. The van der Waals surface area contributed by atoms with Crippen molar-refractivity contribution in [2.24, 2.45) is 10.8 Å². The number of aryl methyl sites for hydroxylation is 1. The first-order valence-electron chi connectivity index (χ1n) is 3.57. The molecule has 0 saturated carbocycles. The van der Waals surface area contributed by atoms with Crippen LogP contribution in [0.1, 0.15) is 11.4 Å². The average Bonchev–Trinajstić information content (AvgIpc) is 2.08. The molecule has 6 heteroatoms. The highest BCUT2D eigenvalue weighted by atomic mass is 32.1. The summed E-state index contributed by atoms with van der Waals surface area (Å²) >= 11 is 4.55. The van der Waals surface area contributed by atoms with E-state index in [0.29, 0.717) is 5.69 Å². The zero-order chi connectivity index (χ0) is 9.68. The van der Waals surface area contributed by atoms with E-state index < -0.39 is 0 Å². The molecule has 0 atom stereocenters. The molecule has 1 rings (SSSR count). The molecule has 68 valence electrons. The highest BCUT2D eigenvalue weighted by molar-refractivity contribution is 7.80. The molecule has 0 saturated heterocycles. The Kier molecular flexibility index (Phi) is 3.27. The number of nitrogens with zero attached hydrogens (tertiary/aromatic N) is 3. The van der Waals surface area contributed by atoms with Gasteiger partial charge in [-0.25, -0.2) is 0 Å². The largest absolute Gasteiger partial charge is 0.375 e. The van der Waals surface area contributed by atoms with Gasteiger partial charge < -0.3 is 5.73 Å². The van der Waals surface area contributed by atoms with Crippen LogP contribution in [0.3, 0.4) is 0 Å². The topological polar surface area (TPSA) is 76.2 Å².